The van der Waals surface area contributed by atoms with Crippen molar-refractivity contribution in [3.63, 3.8) is 0 Å². The van der Waals surface area contributed by atoms with Gasteiger partial charge in [-0.3, -0.25) is 4.98 Å². The van der Waals surface area contributed by atoms with Crippen molar-refractivity contribution < 1.29 is 9.90 Å². The SMILES string of the molecule is CCCC[C@H](Sc1ccc2nnc(-c3cccnc3)n2n1)C(=O)[O-]. The summed E-state index contributed by atoms with van der Waals surface area (Å²) >= 11 is 1.19. The number of unbranched alkanes of at least 4 members (excludes halogenated alkanes) is 1. The smallest absolute Gasteiger partial charge is 0.186 e. The van der Waals surface area contributed by atoms with Gasteiger partial charge in [0.05, 0.1) is 11.2 Å². The first-order valence-corrected chi connectivity index (χ1v) is 8.57. The van der Waals surface area contributed by atoms with Gasteiger partial charge in [-0.15, -0.1) is 10.2 Å². The van der Waals surface area contributed by atoms with E-state index in [-0.39, 0.29) is 0 Å². The molecular formula is C16H16N5O2S-. The van der Waals surface area contributed by atoms with Gasteiger partial charge in [0, 0.05) is 18.0 Å². The molecule has 0 spiro atoms. The summed E-state index contributed by atoms with van der Waals surface area (Å²) in [6.07, 6.45) is 5.69. The Morgan fingerprint density at radius 3 is 2.92 bits per heavy atom. The van der Waals surface area contributed by atoms with Crippen molar-refractivity contribution in [2.45, 2.75) is 36.5 Å². The second-order valence-electron chi connectivity index (χ2n) is 5.27. The highest BCUT2D eigenvalue weighted by Crippen LogP contribution is 2.26. The molecule has 3 aromatic rings. The highest BCUT2D eigenvalue weighted by atomic mass is 32.2. The molecule has 0 fully saturated rings. The highest BCUT2D eigenvalue weighted by molar-refractivity contribution is 8.00. The van der Waals surface area contributed by atoms with Crippen LogP contribution in [0.1, 0.15) is 26.2 Å². The number of carboxylic acid groups (broad SMARTS) is 1. The summed E-state index contributed by atoms with van der Waals surface area (Å²) in [6, 6.07) is 7.21. The van der Waals surface area contributed by atoms with Crippen LogP contribution >= 0.6 is 11.8 Å². The Labute approximate surface area is 143 Å². The summed E-state index contributed by atoms with van der Waals surface area (Å²) in [7, 11) is 0. The van der Waals surface area contributed by atoms with Gasteiger partial charge >= 0.3 is 0 Å². The van der Waals surface area contributed by atoms with Gasteiger partial charge in [-0.1, -0.05) is 31.5 Å². The minimum absolute atomic E-state index is 0.556. The molecule has 0 radical (unpaired) electrons. The quantitative estimate of drug-likeness (QED) is 0.601. The van der Waals surface area contributed by atoms with Crippen LogP contribution in [-0.4, -0.2) is 36.0 Å². The number of carboxylic acids is 1. The van der Waals surface area contributed by atoms with Crippen LogP contribution in [0.5, 0.6) is 0 Å². The minimum atomic E-state index is -1.06. The van der Waals surface area contributed by atoms with Gasteiger partial charge in [0.15, 0.2) is 11.5 Å². The number of hydrogen-bond acceptors (Lipinski definition) is 7. The lowest BCUT2D eigenvalue weighted by Crippen LogP contribution is -2.33. The molecule has 3 heterocycles. The maximum atomic E-state index is 11.3. The maximum Gasteiger partial charge on any atom is 0.186 e. The topological polar surface area (TPSA) is 96.1 Å². The van der Waals surface area contributed by atoms with Crippen LogP contribution in [0.3, 0.4) is 0 Å². The fraction of sp³-hybridized carbons (Fsp3) is 0.312. The van der Waals surface area contributed by atoms with E-state index in [4.69, 9.17) is 0 Å². The number of carbonyl (C=O) groups excluding carboxylic acids is 1. The molecule has 8 heteroatoms. The highest BCUT2D eigenvalue weighted by Gasteiger charge is 2.15. The summed E-state index contributed by atoms with van der Waals surface area (Å²) in [5.41, 5.74) is 1.39. The monoisotopic (exact) mass is 342 g/mol. The van der Waals surface area contributed by atoms with Gasteiger partial charge in [0.25, 0.3) is 0 Å². The van der Waals surface area contributed by atoms with Crippen molar-refractivity contribution >= 4 is 23.4 Å². The first kappa shape index (κ1) is 16.4. The molecule has 0 N–H and O–H groups in total. The van der Waals surface area contributed by atoms with Gasteiger partial charge in [-0.2, -0.15) is 9.61 Å². The summed E-state index contributed by atoms with van der Waals surface area (Å²) in [5.74, 6) is -0.495. The molecule has 7 nitrogen and oxygen atoms in total. The van der Waals surface area contributed by atoms with Gasteiger partial charge < -0.3 is 9.90 Å². The van der Waals surface area contributed by atoms with E-state index in [1.54, 1.807) is 29.0 Å². The van der Waals surface area contributed by atoms with Crippen LogP contribution in [0.4, 0.5) is 0 Å². The van der Waals surface area contributed by atoms with E-state index in [1.165, 1.54) is 11.8 Å². The average Bonchev–Trinajstić information content (AvgIpc) is 3.02. The van der Waals surface area contributed by atoms with Gasteiger partial charge in [-0.05, 0) is 30.7 Å². The van der Waals surface area contributed by atoms with E-state index in [2.05, 4.69) is 20.3 Å². The largest absolute Gasteiger partial charge is 0.549 e. The third kappa shape index (κ3) is 3.53. The van der Waals surface area contributed by atoms with Gasteiger partial charge in [0.1, 0.15) is 5.03 Å². The second kappa shape index (κ2) is 7.39. The summed E-state index contributed by atoms with van der Waals surface area (Å²) in [6.45, 7) is 2.03. The Kier molecular flexibility index (Phi) is 5.05. The molecule has 0 saturated heterocycles. The van der Waals surface area contributed by atoms with E-state index in [0.717, 1.165) is 18.4 Å². The average molecular weight is 342 g/mol. The third-order valence-electron chi connectivity index (χ3n) is 3.50. The fourth-order valence-corrected chi connectivity index (χ4v) is 3.22. The number of thioether (sulfide) groups is 1. The predicted molar refractivity (Wildman–Crippen MR) is 88.2 cm³/mol. The van der Waals surface area contributed by atoms with Crippen molar-refractivity contribution in [3.05, 3.63) is 36.7 Å². The molecule has 124 valence electrons. The molecule has 0 bridgehead atoms. The molecule has 0 aliphatic heterocycles. The molecule has 24 heavy (non-hydrogen) atoms. The molecule has 0 saturated carbocycles. The van der Waals surface area contributed by atoms with Crippen LogP contribution in [-0.2, 0) is 4.79 Å². The summed E-state index contributed by atoms with van der Waals surface area (Å²) < 4.78 is 1.60. The normalized spacial score (nSPS) is 12.4. The van der Waals surface area contributed by atoms with Crippen LogP contribution in [0.2, 0.25) is 0 Å². The number of nitrogens with zero attached hydrogens (tertiary/aromatic N) is 5. The Hall–Kier alpha value is -2.48. The molecular weight excluding hydrogens is 326 g/mol. The number of rotatable bonds is 7. The lowest BCUT2D eigenvalue weighted by Gasteiger charge is -2.16. The van der Waals surface area contributed by atoms with Crippen molar-refractivity contribution in [2.75, 3.05) is 0 Å². The van der Waals surface area contributed by atoms with Gasteiger partial charge in [-0.25, -0.2) is 0 Å². The fourth-order valence-electron chi connectivity index (χ4n) is 2.27. The zero-order valence-corrected chi connectivity index (χ0v) is 13.9. The van der Waals surface area contributed by atoms with Gasteiger partial charge in [0.2, 0.25) is 0 Å². The minimum Gasteiger partial charge on any atom is -0.549 e. The molecule has 0 amide bonds. The van der Waals surface area contributed by atoms with Crippen molar-refractivity contribution in [1.29, 1.82) is 0 Å². The van der Waals surface area contributed by atoms with E-state index in [1.807, 2.05) is 19.1 Å². The molecule has 0 unspecified atom stereocenters. The van der Waals surface area contributed by atoms with E-state index < -0.39 is 11.2 Å². The summed E-state index contributed by atoms with van der Waals surface area (Å²) in [5, 5.41) is 24.0. The molecule has 0 aliphatic rings. The zero-order valence-electron chi connectivity index (χ0n) is 13.1. The Balaban J connectivity index is 1.91. The second-order valence-corrected chi connectivity index (χ2v) is 6.50. The van der Waals surface area contributed by atoms with E-state index >= 15 is 0 Å². The number of fused-ring (bicyclic) bond motifs is 1. The van der Waals surface area contributed by atoms with Crippen LogP contribution in [0.25, 0.3) is 17.0 Å². The van der Waals surface area contributed by atoms with E-state index in [0.29, 0.717) is 22.9 Å². The lowest BCUT2D eigenvalue weighted by molar-refractivity contribution is -0.304. The summed E-state index contributed by atoms with van der Waals surface area (Å²) in [4.78, 5) is 15.4. The molecule has 1 atom stereocenters. The molecule has 0 aliphatic carbocycles. The molecule has 3 rings (SSSR count). The van der Waals surface area contributed by atoms with Crippen LogP contribution < -0.4 is 5.11 Å². The molecule has 0 aromatic carbocycles. The molecule has 3 aromatic heterocycles. The zero-order chi connectivity index (χ0) is 16.9. The van der Waals surface area contributed by atoms with Crippen LogP contribution in [0, 0.1) is 0 Å². The number of pyridine rings is 1. The van der Waals surface area contributed by atoms with Crippen molar-refractivity contribution in [2.24, 2.45) is 0 Å². The number of aromatic nitrogens is 5. The predicted octanol–water partition coefficient (Wildman–Crippen LogP) is 1.59. The van der Waals surface area contributed by atoms with Crippen molar-refractivity contribution in [3.8, 4) is 11.4 Å². The first-order chi connectivity index (χ1) is 11.7. The Bertz CT molecular complexity index is 837. The maximum absolute atomic E-state index is 11.3. The Morgan fingerprint density at radius 1 is 1.33 bits per heavy atom. The van der Waals surface area contributed by atoms with Crippen molar-refractivity contribution in [1.82, 2.24) is 24.8 Å². The third-order valence-corrected chi connectivity index (χ3v) is 4.68. The standard InChI is InChI=1S/C16H17N5O2S/c1-2-3-6-12(16(22)23)24-14-8-7-13-18-19-15(21(13)20-14)11-5-4-9-17-10-11/h4-5,7-10,12H,2-3,6H2,1H3,(H,22,23)/p-1/t12-/m0/s1. The lowest BCUT2D eigenvalue weighted by atomic mass is 10.2. The number of hydrogen-bond donors (Lipinski definition) is 0. The Morgan fingerprint density at radius 2 is 2.21 bits per heavy atom. The number of aliphatic carboxylic acids is 1. The van der Waals surface area contributed by atoms with Crippen LogP contribution in [0.15, 0.2) is 41.7 Å². The van der Waals surface area contributed by atoms with E-state index in [9.17, 15) is 9.90 Å². The number of carbonyl (C=O) groups is 1. The first-order valence-electron chi connectivity index (χ1n) is 7.69.